The van der Waals surface area contributed by atoms with Crippen LogP contribution in [0.15, 0.2) is 69.6 Å². The monoisotopic (exact) mass is 530 g/mol. The van der Waals surface area contributed by atoms with E-state index in [-0.39, 0.29) is 12.5 Å². The summed E-state index contributed by atoms with van der Waals surface area (Å²) in [5.41, 5.74) is 3.53. The number of para-hydroxylation sites is 1. The topological polar surface area (TPSA) is 51.2 Å². The number of aryl methyl sites for hydroxylation is 1. The molecule has 0 radical (unpaired) electrons. The molecule has 146 valence electrons. The van der Waals surface area contributed by atoms with Crippen molar-refractivity contribution in [3.63, 3.8) is 0 Å². The van der Waals surface area contributed by atoms with E-state index in [1.807, 2.05) is 67.6 Å². The molecule has 0 spiro atoms. The fraction of sp³-hybridized carbons (Fsp3) is 0.0909. The van der Waals surface area contributed by atoms with E-state index in [1.54, 1.807) is 11.3 Å². The highest BCUT2D eigenvalue weighted by atomic mass is 79.9. The second kappa shape index (κ2) is 8.65. The number of hydrogen-bond acceptors (Lipinski definition) is 4. The van der Waals surface area contributed by atoms with Crippen LogP contribution in [0.5, 0.6) is 5.75 Å². The van der Waals surface area contributed by atoms with Gasteiger partial charge in [0.2, 0.25) is 0 Å². The SMILES string of the molecule is Cc1cccc(OCC(=O)Nc2c(Br)cc(Br)cc2-c2nc3ccccc3s2)c1. The first-order valence-electron chi connectivity index (χ1n) is 8.84. The molecule has 3 aromatic carbocycles. The van der Waals surface area contributed by atoms with E-state index in [2.05, 4.69) is 37.2 Å². The second-order valence-electron chi connectivity index (χ2n) is 6.45. The van der Waals surface area contributed by atoms with Crippen molar-refractivity contribution in [3.8, 4) is 16.3 Å². The van der Waals surface area contributed by atoms with Crippen LogP contribution in [-0.2, 0) is 4.79 Å². The fourth-order valence-corrected chi connectivity index (χ4v) is 5.20. The Labute approximate surface area is 189 Å². The number of carbonyl (C=O) groups is 1. The lowest BCUT2D eigenvalue weighted by Crippen LogP contribution is -2.21. The van der Waals surface area contributed by atoms with Gasteiger partial charge < -0.3 is 10.1 Å². The second-order valence-corrected chi connectivity index (χ2v) is 9.25. The molecule has 0 unspecified atom stereocenters. The van der Waals surface area contributed by atoms with Crippen LogP contribution in [-0.4, -0.2) is 17.5 Å². The number of fused-ring (bicyclic) bond motifs is 1. The molecule has 1 amide bonds. The van der Waals surface area contributed by atoms with Gasteiger partial charge in [-0.15, -0.1) is 11.3 Å². The van der Waals surface area contributed by atoms with Gasteiger partial charge in [0.25, 0.3) is 5.91 Å². The average molecular weight is 532 g/mol. The largest absolute Gasteiger partial charge is 0.484 e. The highest BCUT2D eigenvalue weighted by Crippen LogP contribution is 2.40. The normalized spacial score (nSPS) is 10.9. The van der Waals surface area contributed by atoms with Crippen molar-refractivity contribution in [2.45, 2.75) is 6.92 Å². The number of amides is 1. The quantitative estimate of drug-likeness (QED) is 0.307. The first kappa shape index (κ1) is 20.1. The van der Waals surface area contributed by atoms with E-state index < -0.39 is 0 Å². The summed E-state index contributed by atoms with van der Waals surface area (Å²) in [6, 6.07) is 19.5. The molecule has 4 rings (SSSR count). The molecular weight excluding hydrogens is 516 g/mol. The van der Waals surface area contributed by atoms with E-state index in [1.165, 1.54) is 0 Å². The zero-order valence-electron chi connectivity index (χ0n) is 15.4. The van der Waals surface area contributed by atoms with Gasteiger partial charge in [-0.25, -0.2) is 4.98 Å². The predicted octanol–water partition coefficient (Wildman–Crippen LogP) is 6.81. The van der Waals surface area contributed by atoms with Crippen molar-refractivity contribution >= 4 is 65.0 Å². The minimum Gasteiger partial charge on any atom is -0.484 e. The number of halogens is 2. The number of hydrogen-bond donors (Lipinski definition) is 1. The van der Waals surface area contributed by atoms with E-state index in [0.29, 0.717) is 11.4 Å². The van der Waals surface area contributed by atoms with Crippen LogP contribution in [0.25, 0.3) is 20.8 Å². The van der Waals surface area contributed by atoms with Crippen LogP contribution in [0, 0.1) is 6.92 Å². The molecule has 0 bridgehead atoms. The molecule has 0 saturated carbocycles. The Hall–Kier alpha value is -2.22. The maximum Gasteiger partial charge on any atom is 0.262 e. The van der Waals surface area contributed by atoms with Gasteiger partial charge in [0.15, 0.2) is 6.61 Å². The molecule has 0 aliphatic rings. The Kier molecular flexibility index (Phi) is 5.99. The van der Waals surface area contributed by atoms with Gasteiger partial charge in [-0.2, -0.15) is 0 Å². The maximum atomic E-state index is 12.6. The van der Waals surface area contributed by atoms with Gasteiger partial charge in [0, 0.05) is 14.5 Å². The standard InChI is InChI=1S/C22H16Br2N2O2S/c1-13-5-4-6-15(9-13)28-12-20(27)26-21-16(10-14(23)11-17(21)24)22-25-18-7-2-3-8-19(18)29-22/h2-11H,12H2,1H3,(H,26,27). The number of ether oxygens (including phenoxy) is 1. The van der Waals surface area contributed by atoms with E-state index >= 15 is 0 Å². The Morgan fingerprint density at radius 2 is 1.93 bits per heavy atom. The molecule has 0 fully saturated rings. The third kappa shape index (κ3) is 4.69. The average Bonchev–Trinajstić information content (AvgIpc) is 3.12. The van der Waals surface area contributed by atoms with Crippen molar-refractivity contribution in [1.29, 1.82) is 0 Å². The molecule has 4 nitrogen and oxygen atoms in total. The van der Waals surface area contributed by atoms with Gasteiger partial charge in [0.05, 0.1) is 15.9 Å². The van der Waals surface area contributed by atoms with Gasteiger partial charge in [-0.1, -0.05) is 40.2 Å². The fourth-order valence-electron chi connectivity index (χ4n) is 2.89. The van der Waals surface area contributed by atoms with Crippen LogP contribution in [0.2, 0.25) is 0 Å². The smallest absolute Gasteiger partial charge is 0.262 e. The van der Waals surface area contributed by atoms with E-state index in [0.717, 1.165) is 35.3 Å². The van der Waals surface area contributed by atoms with Gasteiger partial charge >= 0.3 is 0 Å². The van der Waals surface area contributed by atoms with Crippen LogP contribution >= 0.6 is 43.2 Å². The van der Waals surface area contributed by atoms with Gasteiger partial charge in [-0.3, -0.25) is 4.79 Å². The van der Waals surface area contributed by atoms with Gasteiger partial charge in [0.1, 0.15) is 10.8 Å². The van der Waals surface area contributed by atoms with Crippen LogP contribution in [0.4, 0.5) is 5.69 Å². The summed E-state index contributed by atoms with van der Waals surface area (Å²) < 4.78 is 8.39. The predicted molar refractivity (Wildman–Crippen MR) is 126 cm³/mol. The van der Waals surface area contributed by atoms with Crippen LogP contribution in [0.3, 0.4) is 0 Å². The number of nitrogens with one attached hydrogen (secondary N) is 1. The lowest BCUT2D eigenvalue weighted by molar-refractivity contribution is -0.118. The van der Waals surface area contributed by atoms with Crippen molar-refractivity contribution < 1.29 is 9.53 Å². The van der Waals surface area contributed by atoms with Gasteiger partial charge in [-0.05, 0) is 64.8 Å². The zero-order chi connectivity index (χ0) is 20.4. The van der Waals surface area contributed by atoms with Crippen molar-refractivity contribution in [1.82, 2.24) is 4.98 Å². The number of anilines is 1. The summed E-state index contributed by atoms with van der Waals surface area (Å²) in [6.45, 7) is 1.90. The Morgan fingerprint density at radius 1 is 1.10 bits per heavy atom. The first-order valence-corrected chi connectivity index (χ1v) is 11.2. The summed E-state index contributed by atoms with van der Waals surface area (Å²) in [6.07, 6.45) is 0. The summed E-state index contributed by atoms with van der Waals surface area (Å²) >= 11 is 8.68. The van der Waals surface area contributed by atoms with Crippen LogP contribution < -0.4 is 10.1 Å². The molecule has 4 aromatic rings. The number of rotatable bonds is 5. The lowest BCUT2D eigenvalue weighted by atomic mass is 10.2. The number of carbonyl (C=O) groups excluding carboxylic acids is 1. The molecular formula is C22H16Br2N2O2S. The molecule has 1 aromatic heterocycles. The number of nitrogens with zero attached hydrogens (tertiary/aromatic N) is 1. The molecule has 29 heavy (non-hydrogen) atoms. The molecule has 1 heterocycles. The van der Waals surface area contributed by atoms with E-state index in [9.17, 15) is 4.79 Å². The Morgan fingerprint density at radius 3 is 2.72 bits per heavy atom. The van der Waals surface area contributed by atoms with Crippen molar-refractivity contribution in [2.24, 2.45) is 0 Å². The van der Waals surface area contributed by atoms with Crippen molar-refractivity contribution in [3.05, 3.63) is 75.2 Å². The number of aromatic nitrogens is 1. The van der Waals surface area contributed by atoms with E-state index in [4.69, 9.17) is 9.72 Å². The Balaban J connectivity index is 1.60. The minimum atomic E-state index is -0.239. The zero-order valence-corrected chi connectivity index (χ0v) is 19.4. The third-order valence-electron chi connectivity index (χ3n) is 4.20. The van der Waals surface area contributed by atoms with Crippen LogP contribution in [0.1, 0.15) is 5.56 Å². The highest BCUT2D eigenvalue weighted by molar-refractivity contribution is 9.11. The molecule has 1 N–H and O–H groups in total. The molecule has 0 aliphatic heterocycles. The maximum absolute atomic E-state index is 12.6. The molecule has 7 heteroatoms. The summed E-state index contributed by atoms with van der Waals surface area (Å²) in [5.74, 6) is 0.429. The molecule has 0 saturated heterocycles. The van der Waals surface area contributed by atoms with Crippen molar-refractivity contribution in [2.75, 3.05) is 11.9 Å². The number of benzene rings is 3. The summed E-state index contributed by atoms with van der Waals surface area (Å²) in [7, 11) is 0. The molecule has 0 aliphatic carbocycles. The first-order chi connectivity index (χ1) is 14.0. The summed E-state index contributed by atoms with van der Waals surface area (Å²) in [5, 5.41) is 3.80. The third-order valence-corrected chi connectivity index (χ3v) is 6.36. The summed E-state index contributed by atoms with van der Waals surface area (Å²) in [4.78, 5) is 17.3. The minimum absolute atomic E-state index is 0.0781. The lowest BCUT2D eigenvalue weighted by Gasteiger charge is -2.13. The Bertz CT molecular complexity index is 1170. The highest BCUT2D eigenvalue weighted by Gasteiger charge is 2.17. The molecule has 0 atom stereocenters. The number of thiazole rings is 1.